The first-order chi connectivity index (χ1) is 6.56. The second kappa shape index (κ2) is 4.14. The van der Waals surface area contributed by atoms with Crippen molar-refractivity contribution in [3.05, 3.63) is 23.8 Å². The minimum absolute atomic E-state index is 0.235. The van der Waals surface area contributed by atoms with Crippen LogP contribution in [0.4, 0.5) is 5.69 Å². The summed E-state index contributed by atoms with van der Waals surface area (Å²) in [6, 6.07) is 6.82. The van der Waals surface area contributed by atoms with Gasteiger partial charge >= 0.3 is 7.12 Å². The predicted octanol–water partition coefficient (Wildman–Crippen LogP) is -0.696. The first kappa shape index (κ1) is 10.6. The number of nitrogens with zero attached hydrogens (tertiary/aromatic N) is 2. The highest BCUT2D eigenvalue weighted by Crippen LogP contribution is 2.10. The highest BCUT2D eigenvalue weighted by atomic mass is 16.4. The van der Waals surface area contributed by atoms with Crippen molar-refractivity contribution >= 4 is 18.3 Å². The third kappa shape index (κ3) is 2.05. The maximum atomic E-state index is 9.03. The zero-order valence-corrected chi connectivity index (χ0v) is 8.10. The molecule has 0 aliphatic rings. The Morgan fingerprint density at radius 3 is 2.43 bits per heavy atom. The standard InChI is InChI=1S/C9H11BN2O2/c1-12(2)8-4-3-7(6-11)9(5-8)10(13)14/h3-5,13-14H,1-2H3. The zero-order chi connectivity index (χ0) is 10.7. The third-order valence-corrected chi connectivity index (χ3v) is 1.95. The van der Waals surface area contributed by atoms with Crippen LogP contribution >= 0.6 is 0 Å². The van der Waals surface area contributed by atoms with Crippen LogP contribution in [0.25, 0.3) is 0 Å². The van der Waals surface area contributed by atoms with Gasteiger partial charge in [0.25, 0.3) is 0 Å². The van der Waals surface area contributed by atoms with Crippen LogP contribution < -0.4 is 10.4 Å². The molecule has 14 heavy (non-hydrogen) atoms. The van der Waals surface area contributed by atoms with E-state index in [2.05, 4.69) is 0 Å². The molecule has 0 spiro atoms. The molecule has 0 amide bonds. The van der Waals surface area contributed by atoms with Crippen molar-refractivity contribution in [3.63, 3.8) is 0 Å². The van der Waals surface area contributed by atoms with E-state index in [9.17, 15) is 0 Å². The Morgan fingerprint density at radius 2 is 2.00 bits per heavy atom. The monoisotopic (exact) mass is 190 g/mol. The van der Waals surface area contributed by atoms with Crippen LogP contribution in [0.1, 0.15) is 5.56 Å². The van der Waals surface area contributed by atoms with Crippen molar-refractivity contribution in [1.29, 1.82) is 5.26 Å². The van der Waals surface area contributed by atoms with Gasteiger partial charge in [0.05, 0.1) is 11.6 Å². The molecule has 0 saturated heterocycles. The van der Waals surface area contributed by atoms with Gasteiger partial charge in [-0.15, -0.1) is 0 Å². The van der Waals surface area contributed by atoms with E-state index >= 15 is 0 Å². The molecule has 0 bridgehead atoms. The minimum atomic E-state index is -1.61. The van der Waals surface area contributed by atoms with E-state index in [-0.39, 0.29) is 11.0 Å². The fraction of sp³-hybridized carbons (Fsp3) is 0.222. The summed E-state index contributed by atoms with van der Waals surface area (Å²) < 4.78 is 0. The molecule has 0 radical (unpaired) electrons. The van der Waals surface area contributed by atoms with Crippen molar-refractivity contribution in [2.24, 2.45) is 0 Å². The van der Waals surface area contributed by atoms with Crippen molar-refractivity contribution < 1.29 is 10.0 Å². The number of hydrogen-bond acceptors (Lipinski definition) is 4. The van der Waals surface area contributed by atoms with Crippen molar-refractivity contribution in [2.75, 3.05) is 19.0 Å². The minimum Gasteiger partial charge on any atom is -0.423 e. The van der Waals surface area contributed by atoms with E-state index in [4.69, 9.17) is 15.3 Å². The van der Waals surface area contributed by atoms with Crippen molar-refractivity contribution in [3.8, 4) is 6.07 Å². The smallest absolute Gasteiger partial charge is 0.423 e. The summed E-state index contributed by atoms with van der Waals surface area (Å²) in [6.45, 7) is 0. The quantitative estimate of drug-likeness (QED) is 0.605. The Morgan fingerprint density at radius 1 is 1.36 bits per heavy atom. The molecule has 5 heteroatoms. The molecule has 72 valence electrons. The van der Waals surface area contributed by atoms with Gasteiger partial charge < -0.3 is 14.9 Å². The number of hydrogen-bond donors (Lipinski definition) is 2. The number of anilines is 1. The van der Waals surface area contributed by atoms with Gasteiger partial charge in [-0.3, -0.25) is 0 Å². The lowest BCUT2D eigenvalue weighted by Gasteiger charge is -2.14. The van der Waals surface area contributed by atoms with Crippen LogP contribution in [0.15, 0.2) is 18.2 Å². The normalized spacial score (nSPS) is 9.36. The topological polar surface area (TPSA) is 67.5 Å². The van der Waals surface area contributed by atoms with Gasteiger partial charge in [0.1, 0.15) is 0 Å². The Kier molecular flexibility index (Phi) is 3.12. The molecule has 0 atom stereocenters. The second-order valence-corrected chi connectivity index (χ2v) is 3.15. The van der Waals surface area contributed by atoms with E-state index in [1.165, 1.54) is 0 Å². The summed E-state index contributed by atoms with van der Waals surface area (Å²) in [5, 5.41) is 26.8. The van der Waals surface area contributed by atoms with E-state index in [0.717, 1.165) is 5.69 Å². The maximum Gasteiger partial charge on any atom is 0.489 e. The van der Waals surface area contributed by atoms with Crippen molar-refractivity contribution in [1.82, 2.24) is 0 Å². The first-order valence-electron chi connectivity index (χ1n) is 4.13. The van der Waals surface area contributed by atoms with Crippen molar-refractivity contribution in [2.45, 2.75) is 0 Å². The van der Waals surface area contributed by atoms with Crippen LogP contribution in [0.5, 0.6) is 0 Å². The summed E-state index contributed by atoms with van der Waals surface area (Å²) in [4.78, 5) is 1.83. The van der Waals surface area contributed by atoms with Crippen LogP contribution in [-0.4, -0.2) is 31.3 Å². The molecular weight excluding hydrogens is 179 g/mol. The predicted molar refractivity (Wildman–Crippen MR) is 55.3 cm³/mol. The van der Waals surface area contributed by atoms with E-state index in [1.54, 1.807) is 18.2 Å². The summed E-state index contributed by atoms with van der Waals surface area (Å²) in [5.41, 5.74) is 1.34. The van der Waals surface area contributed by atoms with Gasteiger partial charge in [-0.05, 0) is 18.2 Å². The van der Waals surface area contributed by atoms with E-state index in [1.807, 2.05) is 25.1 Å². The lowest BCUT2D eigenvalue weighted by molar-refractivity contribution is 0.425. The summed E-state index contributed by atoms with van der Waals surface area (Å²) in [7, 11) is 2.08. The number of rotatable bonds is 2. The fourth-order valence-electron chi connectivity index (χ4n) is 1.14. The highest BCUT2D eigenvalue weighted by molar-refractivity contribution is 6.59. The van der Waals surface area contributed by atoms with Gasteiger partial charge in [0.2, 0.25) is 0 Å². The van der Waals surface area contributed by atoms with Crippen LogP contribution in [-0.2, 0) is 0 Å². The molecule has 4 nitrogen and oxygen atoms in total. The van der Waals surface area contributed by atoms with Gasteiger partial charge in [-0.1, -0.05) is 0 Å². The molecule has 0 heterocycles. The molecule has 1 aromatic rings. The SMILES string of the molecule is CN(C)c1ccc(C#N)c(B(O)O)c1. The van der Waals surface area contributed by atoms with E-state index < -0.39 is 7.12 Å². The lowest BCUT2D eigenvalue weighted by Crippen LogP contribution is -2.33. The van der Waals surface area contributed by atoms with Gasteiger partial charge in [-0.2, -0.15) is 5.26 Å². The summed E-state index contributed by atoms with van der Waals surface area (Å²) in [5.74, 6) is 0. The average molecular weight is 190 g/mol. The molecule has 2 N–H and O–H groups in total. The molecule has 0 aromatic heterocycles. The largest absolute Gasteiger partial charge is 0.489 e. The first-order valence-corrected chi connectivity index (χ1v) is 4.13. The number of nitriles is 1. The third-order valence-electron chi connectivity index (χ3n) is 1.95. The molecule has 0 aliphatic carbocycles. The molecule has 1 aromatic carbocycles. The number of benzene rings is 1. The van der Waals surface area contributed by atoms with Crippen LogP contribution in [0.2, 0.25) is 0 Å². The molecule has 0 aliphatic heterocycles. The van der Waals surface area contributed by atoms with E-state index in [0.29, 0.717) is 0 Å². The molecule has 0 fully saturated rings. The fourth-order valence-corrected chi connectivity index (χ4v) is 1.14. The highest BCUT2D eigenvalue weighted by Gasteiger charge is 2.16. The Balaban J connectivity index is 3.23. The lowest BCUT2D eigenvalue weighted by atomic mass is 9.77. The van der Waals surface area contributed by atoms with Gasteiger partial charge in [0, 0.05) is 25.2 Å². The van der Waals surface area contributed by atoms with Crippen LogP contribution in [0.3, 0.4) is 0 Å². The van der Waals surface area contributed by atoms with Gasteiger partial charge in [0.15, 0.2) is 0 Å². The summed E-state index contributed by atoms with van der Waals surface area (Å²) in [6.07, 6.45) is 0. The van der Waals surface area contributed by atoms with Crippen LogP contribution in [0, 0.1) is 11.3 Å². The Bertz CT molecular complexity index is 372. The Labute approximate surface area is 83.2 Å². The second-order valence-electron chi connectivity index (χ2n) is 3.15. The molecule has 1 rings (SSSR count). The average Bonchev–Trinajstić information content (AvgIpc) is 2.16. The molecule has 0 unspecified atom stereocenters. The maximum absolute atomic E-state index is 9.03. The summed E-state index contributed by atoms with van der Waals surface area (Å²) >= 11 is 0. The molecule has 0 saturated carbocycles. The zero-order valence-electron chi connectivity index (χ0n) is 8.10. The Hall–Kier alpha value is -1.51. The molecular formula is C9H11BN2O2. The van der Waals surface area contributed by atoms with Gasteiger partial charge in [-0.25, -0.2) is 0 Å².